The molecule has 12 heavy (non-hydrogen) atoms. The van der Waals surface area contributed by atoms with Gasteiger partial charge < -0.3 is 5.11 Å². The summed E-state index contributed by atoms with van der Waals surface area (Å²) in [6.45, 7) is 8.40. The van der Waals surface area contributed by atoms with Gasteiger partial charge in [-0.2, -0.15) is 0 Å². The van der Waals surface area contributed by atoms with E-state index >= 15 is 0 Å². The standard InChI is InChI=1S/C10H18O2/c1-6(2)5-7-8(9(11)12)10(7,3)4/h6-8H,5H2,1-4H3,(H,11,12)/t7-,8+/m1/s1. The molecule has 2 heteroatoms. The molecule has 0 saturated heterocycles. The SMILES string of the molecule is CC(C)C[C@@H]1[C@@H](C(=O)O)C1(C)C. The van der Waals surface area contributed by atoms with E-state index in [0.717, 1.165) is 6.42 Å². The van der Waals surface area contributed by atoms with Crippen LogP contribution in [0.3, 0.4) is 0 Å². The van der Waals surface area contributed by atoms with Gasteiger partial charge in [-0.15, -0.1) is 0 Å². The second-order valence-electron chi connectivity index (χ2n) is 4.87. The van der Waals surface area contributed by atoms with Gasteiger partial charge in [-0.25, -0.2) is 0 Å². The Bertz CT molecular complexity index is 194. The molecule has 1 aliphatic rings. The minimum atomic E-state index is -0.620. The predicted molar refractivity (Wildman–Crippen MR) is 47.9 cm³/mol. The van der Waals surface area contributed by atoms with Gasteiger partial charge in [0.25, 0.3) is 0 Å². The Hall–Kier alpha value is -0.530. The van der Waals surface area contributed by atoms with E-state index in [4.69, 9.17) is 5.11 Å². The molecule has 0 aromatic carbocycles. The number of carboxylic acids is 1. The minimum Gasteiger partial charge on any atom is -0.481 e. The van der Waals surface area contributed by atoms with E-state index in [-0.39, 0.29) is 11.3 Å². The van der Waals surface area contributed by atoms with Crippen LogP contribution >= 0.6 is 0 Å². The van der Waals surface area contributed by atoms with Crippen LogP contribution < -0.4 is 0 Å². The van der Waals surface area contributed by atoms with Crippen LogP contribution in [0, 0.1) is 23.2 Å². The molecule has 0 spiro atoms. The van der Waals surface area contributed by atoms with E-state index < -0.39 is 5.97 Å². The molecule has 1 aliphatic carbocycles. The first kappa shape index (κ1) is 9.56. The molecule has 1 rings (SSSR count). The van der Waals surface area contributed by atoms with Crippen molar-refractivity contribution in [2.24, 2.45) is 23.2 Å². The zero-order valence-corrected chi connectivity index (χ0v) is 8.29. The van der Waals surface area contributed by atoms with Crippen LogP contribution in [0.1, 0.15) is 34.1 Å². The molecule has 2 atom stereocenters. The molecule has 1 saturated carbocycles. The Morgan fingerprint density at radius 3 is 2.25 bits per heavy atom. The van der Waals surface area contributed by atoms with E-state index in [2.05, 4.69) is 27.7 Å². The lowest BCUT2D eigenvalue weighted by Crippen LogP contribution is -2.03. The summed E-state index contributed by atoms with van der Waals surface area (Å²) >= 11 is 0. The largest absolute Gasteiger partial charge is 0.481 e. The fourth-order valence-electron chi connectivity index (χ4n) is 2.18. The molecule has 0 aromatic heterocycles. The van der Waals surface area contributed by atoms with Crippen LogP contribution in [0.4, 0.5) is 0 Å². The molecule has 1 fully saturated rings. The second kappa shape index (κ2) is 2.75. The van der Waals surface area contributed by atoms with E-state index in [1.807, 2.05) is 0 Å². The third-order valence-corrected chi connectivity index (χ3v) is 3.04. The maximum absolute atomic E-state index is 10.8. The van der Waals surface area contributed by atoms with Gasteiger partial charge in [-0.3, -0.25) is 4.79 Å². The Balaban J connectivity index is 2.54. The first-order valence-electron chi connectivity index (χ1n) is 4.60. The highest BCUT2D eigenvalue weighted by Crippen LogP contribution is 2.60. The summed E-state index contributed by atoms with van der Waals surface area (Å²) < 4.78 is 0. The van der Waals surface area contributed by atoms with Gasteiger partial charge >= 0.3 is 5.97 Å². The van der Waals surface area contributed by atoms with E-state index in [0.29, 0.717) is 11.8 Å². The lowest BCUT2D eigenvalue weighted by Gasteiger charge is -2.04. The molecule has 0 aromatic rings. The van der Waals surface area contributed by atoms with Crippen molar-refractivity contribution in [3.05, 3.63) is 0 Å². The molecular formula is C10H18O2. The van der Waals surface area contributed by atoms with Gasteiger partial charge in [0.15, 0.2) is 0 Å². The zero-order valence-electron chi connectivity index (χ0n) is 8.29. The number of hydrogen-bond acceptors (Lipinski definition) is 1. The van der Waals surface area contributed by atoms with Crippen molar-refractivity contribution in [1.82, 2.24) is 0 Å². The first-order chi connectivity index (χ1) is 5.37. The zero-order chi connectivity index (χ0) is 9.52. The van der Waals surface area contributed by atoms with Crippen molar-refractivity contribution in [3.8, 4) is 0 Å². The molecule has 2 nitrogen and oxygen atoms in total. The maximum atomic E-state index is 10.8. The fourth-order valence-corrected chi connectivity index (χ4v) is 2.18. The van der Waals surface area contributed by atoms with Gasteiger partial charge in [0.2, 0.25) is 0 Å². The molecule has 0 heterocycles. The van der Waals surface area contributed by atoms with Crippen LogP contribution in [-0.4, -0.2) is 11.1 Å². The molecule has 70 valence electrons. The summed E-state index contributed by atoms with van der Waals surface area (Å²) in [6.07, 6.45) is 1.05. The summed E-state index contributed by atoms with van der Waals surface area (Å²) in [7, 11) is 0. The van der Waals surface area contributed by atoms with Gasteiger partial charge in [-0.1, -0.05) is 27.7 Å². The third-order valence-electron chi connectivity index (χ3n) is 3.04. The number of carbonyl (C=O) groups is 1. The van der Waals surface area contributed by atoms with Crippen LogP contribution in [-0.2, 0) is 4.79 Å². The maximum Gasteiger partial charge on any atom is 0.307 e. The highest BCUT2D eigenvalue weighted by Gasteiger charge is 2.61. The average molecular weight is 170 g/mol. The van der Waals surface area contributed by atoms with Crippen LogP contribution in [0.25, 0.3) is 0 Å². The van der Waals surface area contributed by atoms with Gasteiger partial charge in [0.05, 0.1) is 5.92 Å². The Morgan fingerprint density at radius 1 is 1.50 bits per heavy atom. The highest BCUT2D eigenvalue weighted by molar-refractivity contribution is 5.75. The normalized spacial score (nSPS) is 32.1. The highest BCUT2D eigenvalue weighted by atomic mass is 16.4. The summed E-state index contributed by atoms with van der Waals surface area (Å²) in [5, 5.41) is 8.87. The van der Waals surface area contributed by atoms with Gasteiger partial charge in [0, 0.05) is 0 Å². The Kier molecular flexibility index (Phi) is 2.19. The van der Waals surface area contributed by atoms with Crippen molar-refractivity contribution in [2.75, 3.05) is 0 Å². The molecule has 0 aliphatic heterocycles. The fraction of sp³-hybridized carbons (Fsp3) is 0.900. The molecule has 0 bridgehead atoms. The Labute approximate surface area is 74.0 Å². The summed E-state index contributed by atoms with van der Waals surface area (Å²) in [5.41, 5.74) is 0.0378. The smallest absolute Gasteiger partial charge is 0.307 e. The lowest BCUT2D eigenvalue weighted by molar-refractivity contribution is -0.139. The monoisotopic (exact) mass is 170 g/mol. The number of carboxylic acid groups (broad SMARTS) is 1. The molecule has 0 radical (unpaired) electrons. The van der Waals surface area contributed by atoms with Crippen LogP contribution in [0.2, 0.25) is 0 Å². The summed E-state index contributed by atoms with van der Waals surface area (Å²) in [6, 6.07) is 0. The van der Waals surface area contributed by atoms with Crippen LogP contribution in [0.5, 0.6) is 0 Å². The lowest BCUT2D eigenvalue weighted by atomic mass is 10.0. The van der Waals surface area contributed by atoms with E-state index in [1.54, 1.807) is 0 Å². The van der Waals surface area contributed by atoms with E-state index in [9.17, 15) is 4.79 Å². The van der Waals surface area contributed by atoms with Gasteiger partial charge in [0.1, 0.15) is 0 Å². The molecule has 0 amide bonds. The van der Waals surface area contributed by atoms with Crippen molar-refractivity contribution < 1.29 is 9.90 Å². The quantitative estimate of drug-likeness (QED) is 0.706. The number of aliphatic carboxylic acids is 1. The van der Waals surface area contributed by atoms with Crippen LogP contribution in [0.15, 0.2) is 0 Å². The minimum absolute atomic E-state index is 0.0378. The predicted octanol–water partition coefficient (Wildman–Crippen LogP) is 2.39. The van der Waals surface area contributed by atoms with Crippen molar-refractivity contribution >= 4 is 5.97 Å². The first-order valence-corrected chi connectivity index (χ1v) is 4.60. The summed E-state index contributed by atoms with van der Waals surface area (Å²) in [5.74, 6) is 0.291. The molecular weight excluding hydrogens is 152 g/mol. The Morgan fingerprint density at radius 2 is 2.00 bits per heavy atom. The topological polar surface area (TPSA) is 37.3 Å². The molecule has 0 unspecified atom stereocenters. The van der Waals surface area contributed by atoms with Crippen molar-refractivity contribution in [1.29, 1.82) is 0 Å². The van der Waals surface area contributed by atoms with Gasteiger partial charge in [-0.05, 0) is 23.7 Å². The van der Waals surface area contributed by atoms with Crippen molar-refractivity contribution in [2.45, 2.75) is 34.1 Å². The third kappa shape index (κ3) is 1.47. The number of hydrogen-bond donors (Lipinski definition) is 1. The number of rotatable bonds is 3. The van der Waals surface area contributed by atoms with Crippen molar-refractivity contribution in [3.63, 3.8) is 0 Å². The average Bonchev–Trinajstić information content (AvgIpc) is 2.32. The second-order valence-corrected chi connectivity index (χ2v) is 4.87. The molecule has 1 N–H and O–H groups in total. The van der Waals surface area contributed by atoms with E-state index in [1.165, 1.54) is 0 Å². The summed E-state index contributed by atoms with van der Waals surface area (Å²) in [4.78, 5) is 10.8.